The minimum atomic E-state index is -0.784. The Labute approximate surface area is 108 Å². The smallest absolute Gasteiger partial charge is 0.145 e. The lowest BCUT2D eigenvalue weighted by molar-refractivity contribution is 0.0884. The van der Waals surface area contributed by atoms with Gasteiger partial charge in [0.2, 0.25) is 0 Å². The van der Waals surface area contributed by atoms with Crippen molar-refractivity contribution in [1.29, 1.82) is 0 Å². The van der Waals surface area contributed by atoms with Crippen LogP contribution in [-0.2, 0) is 0 Å². The second-order valence-corrected chi connectivity index (χ2v) is 5.44. The number of rotatable bonds is 5. The van der Waals surface area contributed by atoms with E-state index in [1.54, 1.807) is 19.9 Å². The van der Waals surface area contributed by atoms with Gasteiger partial charge in [0, 0.05) is 25.6 Å². The van der Waals surface area contributed by atoms with Crippen LogP contribution < -0.4 is 16.2 Å². The van der Waals surface area contributed by atoms with Gasteiger partial charge in [-0.3, -0.25) is 0 Å². The Bertz CT molecular complexity index is 400. The van der Waals surface area contributed by atoms with Crippen LogP contribution in [0.1, 0.15) is 39.4 Å². The molecule has 0 aromatic carbocycles. The van der Waals surface area contributed by atoms with Crippen molar-refractivity contribution in [3.8, 4) is 0 Å². The summed E-state index contributed by atoms with van der Waals surface area (Å²) < 4.78 is 0. The molecule has 0 atom stereocenters. The highest BCUT2D eigenvalue weighted by Gasteiger charge is 2.18. The van der Waals surface area contributed by atoms with Crippen LogP contribution >= 0.6 is 0 Å². The molecule has 0 spiro atoms. The number of hydrogen-bond acceptors (Lipinski definition) is 6. The molecule has 0 saturated heterocycles. The van der Waals surface area contributed by atoms with Crippen LogP contribution in [0.4, 0.5) is 11.6 Å². The van der Waals surface area contributed by atoms with Crippen molar-refractivity contribution in [2.75, 3.05) is 23.9 Å². The van der Waals surface area contributed by atoms with Gasteiger partial charge in [-0.1, -0.05) is 13.8 Å². The monoisotopic (exact) mass is 253 g/mol. The predicted molar refractivity (Wildman–Crippen MR) is 73.5 cm³/mol. The number of anilines is 2. The van der Waals surface area contributed by atoms with Crippen LogP contribution in [-0.4, -0.2) is 34.3 Å². The van der Waals surface area contributed by atoms with Crippen molar-refractivity contribution in [3.63, 3.8) is 0 Å². The van der Waals surface area contributed by atoms with E-state index in [0.29, 0.717) is 12.4 Å². The van der Waals surface area contributed by atoms with Gasteiger partial charge in [-0.2, -0.15) is 0 Å². The average molecular weight is 253 g/mol. The Morgan fingerprint density at radius 2 is 2.06 bits per heavy atom. The number of nitrogens with one attached hydrogen (secondary N) is 1. The molecule has 0 fully saturated rings. The first-order valence-electron chi connectivity index (χ1n) is 6.02. The minimum Gasteiger partial charge on any atom is -0.389 e. The van der Waals surface area contributed by atoms with Crippen LogP contribution in [0.25, 0.3) is 0 Å². The van der Waals surface area contributed by atoms with E-state index in [9.17, 15) is 5.11 Å². The van der Waals surface area contributed by atoms with Crippen LogP contribution in [0, 0.1) is 0 Å². The van der Waals surface area contributed by atoms with Crippen LogP contribution in [0.5, 0.6) is 0 Å². The molecule has 1 rings (SSSR count). The normalized spacial score (nSPS) is 11.8. The molecule has 102 valence electrons. The molecule has 0 radical (unpaired) electrons. The van der Waals surface area contributed by atoms with Crippen LogP contribution in [0.2, 0.25) is 0 Å². The highest BCUT2D eigenvalue weighted by molar-refractivity contribution is 5.48. The first kappa shape index (κ1) is 14.7. The molecule has 6 heteroatoms. The third kappa shape index (κ3) is 4.12. The van der Waals surface area contributed by atoms with Gasteiger partial charge in [0.1, 0.15) is 17.5 Å². The van der Waals surface area contributed by atoms with Crippen molar-refractivity contribution in [2.24, 2.45) is 5.84 Å². The maximum atomic E-state index is 9.83. The Morgan fingerprint density at radius 3 is 2.50 bits per heavy atom. The summed E-state index contributed by atoms with van der Waals surface area (Å²) in [6.45, 7) is 8.04. The van der Waals surface area contributed by atoms with E-state index < -0.39 is 5.60 Å². The van der Waals surface area contributed by atoms with Gasteiger partial charge in [0.25, 0.3) is 0 Å². The summed E-state index contributed by atoms with van der Waals surface area (Å²) >= 11 is 0. The molecular formula is C12H23N5O. The van der Waals surface area contributed by atoms with Crippen molar-refractivity contribution >= 4 is 11.6 Å². The number of hydrazine groups is 1. The SMILES string of the molecule is CC(C)c1nc(NN)cc(N(C)CC(C)(C)O)n1. The van der Waals surface area contributed by atoms with Crippen molar-refractivity contribution in [1.82, 2.24) is 9.97 Å². The topological polar surface area (TPSA) is 87.3 Å². The zero-order valence-electron chi connectivity index (χ0n) is 11.7. The number of aliphatic hydroxyl groups is 1. The molecule has 0 bridgehead atoms. The van der Waals surface area contributed by atoms with E-state index in [0.717, 1.165) is 11.6 Å². The van der Waals surface area contributed by atoms with E-state index in [2.05, 4.69) is 15.4 Å². The first-order chi connectivity index (χ1) is 8.23. The molecule has 0 saturated carbocycles. The van der Waals surface area contributed by atoms with E-state index >= 15 is 0 Å². The predicted octanol–water partition coefficient (Wildman–Crippen LogP) is 1.09. The van der Waals surface area contributed by atoms with Crippen LogP contribution in [0.15, 0.2) is 6.07 Å². The number of likely N-dealkylation sites (N-methyl/N-ethyl adjacent to an activating group) is 1. The number of nitrogen functional groups attached to an aromatic ring is 1. The molecular weight excluding hydrogens is 230 g/mol. The van der Waals surface area contributed by atoms with E-state index in [1.807, 2.05) is 25.8 Å². The largest absolute Gasteiger partial charge is 0.389 e. The molecule has 0 unspecified atom stereocenters. The van der Waals surface area contributed by atoms with E-state index in [4.69, 9.17) is 5.84 Å². The molecule has 4 N–H and O–H groups in total. The summed E-state index contributed by atoms with van der Waals surface area (Å²) in [5, 5.41) is 9.83. The van der Waals surface area contributed by atoms with Gasteiger partial charge in [0.05, 0.1) is 5.60 Å². The van der Waals surface area contributed by atoms with Crippen LogP contribution in [0.3, 0.4) is 0 Å². The number of hydrogen-bond donors (Lipinski definition) is 3. The van der Waals surface area contributed by atoms with Gasteiger partial charge in [-0.05, 0) is 13.8 Å². The molecule has 0 aliphatic heterocycles. The van der Waals surface area contributed by atoms with Crippen molar-refractivity contribution in [3.05, 3.63) is 11.9 Å². The molecule has 18 heavy (non-hydrogen) atoms. The molecule has 0 aliphatic rings. The van der Waals surface area contributed by atoms with Gasteiger partial charge in [0.15, 0.2) is 0 Å². The molecule has 0 aliphatic carbocycles. The molecule has 0 amide bonds. The fraction of sp³-hybridized carbons (Fsp3) is 0.667. The Morgan fingerprint density at radius 1 is 1.44 bits per heavy atom. The number of nitrogens with zero attached hydrogens (tertiary/aromatic N) is 3. The summed E-state index contributed by atoms with van der Waals surface area (Å²) in [4.78, 5) is 10.7. The van der Waals surface area contributed by atoms with Gasteiger partial charge >= 0.3 is 0 Å². The summed E-state index contributed by atoms with van der Waals surface area (Å²) in [5.41, 5.74) is 1.76. The molecule has 1 aromatic heterocycles. The number of aromatic nitrogens is 2. The second kappa shape index (κ2) is 5.49. The van der Waals surface area contributed by atoms with E-state index in [-0.39, 0.29) is 5.92 Å². The zero-order chi connectivity index (χ0) is 13.9. The Hall–Kier alpha value is -1.40. The Kier molecular flexibility index (Phi) is 4.48. The third-order valence-corrected chi connectivity index (χ3v) is 2.41. The van der Waals surface area contributed by atoms with Gasteiger partial charge in [-0.15, -0.1) is 0 Å². The molecule has 1 heterocycles. The summed E-state index contributed by atoms with van der Waals surface area (Å²) in [7, 11) is 1.88. The minimum absolute atomic E-state index is 0.215. The maximum Gasteiger partial charge on any atom is 0.145 e. The second-order valence-electron chi connectivity index (χ2n) is 5.44. The summed E-state index contributed by atoms with van der Waals surface area (Å²) in [6, 6.07) is 1.76. The fourth-order valence-electron chi connectivity index (χ4n) is 1.64. The standard InChI is InChI=1S/C12H23N5O/c1-8(2)11-14-9(16-13)6-10(15-11)17(5)7-12(3,4)18/h6,8,18H,7,13H2,1-5H3,(H,14,15,16). The fourth-order valence-corrected chi connectivity index (χ4v) is 1.64. The molecule has 6 nitrogen and oxygen atoms in total. The first-order valence-corrected chi connectivity index (χ1v) is 6.02. The lowest BCUT2D eigenvalue weighted by Crippen LogP contribution is -2.36. The van der Waals surface area contributed by atoms with Crippen molar-refractivity contribution < 1.29 is 5.11 Å². The lowest BCUT2D eigenvalue weighted by Gasteiger charge is -2.27. The highest BCUT2D eigenvalue weighted by Crippen LogP contribution is 2.20. The maximum absolute atomic E-state index is 9.83. The third-order valence-electron chi connectivity index (χ3n) is 2.41. The van der Waals surface area contributed by atoms with Gasteiger partial charge in [-0.25, -0.2) is 15.8 Å². The summed E-state index contributed by atoms with van der Waals surface area (Å²) in [5.74, 6) is 7.66. The zero-order valence-corrected chi connectivity index (χ0v) is 11.7. The quantitative estimate of drug-likeness (QED) is 0.538. The van der Waals surface area contributed by atoms with E-state index in [1.165, 1.54) is 0 Å². The average Bonchev–Trinajstić information content (AvgIpc) is 2.26. The summed E-state index contributed by atoms with van der Waals surface area (Å²) in [6.07, 6.45) is 0. The highest BCUT2D eigenvalue weighted by atomic mass is 16.3. The molecule has 1 aromatic rings. The van der Waals surface area contributed by atoms with Gasteiger partial charge < -0.3 is 15.4 Å². The van der Waals surface area contributed by atoms with Crippen molar-refractivity contribution in [2.45, 2.75) is 39.2 Å². The number of nitrogens with two attached hydrogens (primary N) is 1. The lowest BCUT2D eigenvalue weighted by atomic mass is 10.1. The Balaban J connectivity index is 3.04.